The Bertz CT molecular complexity index is 711. The Morgan fingerprint density at radius 1 is 1.42 bits per heavy atom. The van der Waals surface area contributed by atoms with Gasteiger partial charge in [-0.3, -0.25) is 4.68 Å². The van der Waals surface area contributed by atoms with Crippen molar-refractivity contribution in [3.8, 4) is 5.88 Å². The molecule has 24 heavy (non-hydrogen) atoms. The van der Waals surface area contributed by atoms with Crippen LogP contribution in [0.15, 0.2) is 18.3 Å². The summed E-state index contributed by atoms with van der Waals surface area (Å²) in [5.74, 6) is 0.533. The molecule has 0 saturated carbocycles. The average Bonchev–Trinajstić information content (AvgIpc) is 2.79. The number of amides is 2. The number of methoxy groups -OCH3 is 1. The molecular formula is C17H25N5O2. The van der Waals surface area contributed by atoms with Gasteiger partial charge in [-0.25, -0.2) is 9.78 Å². The third-order valence-corrected chi connectivity index (χ3v) is 4.01. The van der Waals surface area contributed by atoms with Gasteiger partial charge < -0.3 is 15.4 Å². The first kappa shape index (κ1) is 17.8. The van der Waals surface area contributed by atoms with Crippen molar-refractivity contribution >= 4 is 6.03 Å². The molecule has 0 spiro atoms. The number of pyridine rings is 1. The molecular weight excluding hydrogens is 306 g/mol. The first-order valence-corrected chi connectivity index (χ1v) is 7.93. The van der Waals surface area contributed by atoms with Gasteiger partial charge in [0.05, 0.1) is 12.8 Å². The van der Waals surface area contributed by atoms with Gasteiger partial charge in [0, 0.05) is 37.6 Å². The van der Waals surface area contributed by atoms with Crippen LogP contribution in [0.5, 0.6) is 5.88 Å². The Labute approximate surface area is 142 Å². The number of nitrogens with zero attached hydrogens (tertiary/aromatic N) is 3. The molecule has 2 rings (SSSR count). The summed E-state index contributed by atoms with van der Waals surface area (Å²) < 4.78 is 6.94. The molecule has 2 amide bonds. The van der Waals surface area contributed by atoms with E-state index in [1.807, 2.05) is 38.6 Å². The van der Waals surface area contributed by atoms with Gasteiger partial charge in [0.25, 0.3) is 0 Å². The standard InChI is InChI=1S/C17H25N5O2/c1-11(8-15-12(2)21-22(4)13(15)3)20-17(23)19-10-14-6-7-18-16(9-14)24-5/h6-7,9,11H,8,10H2,1-5H3,(H2,19,20,23)/t11-/m0/s1. The predicted molar refractivity (Wildman–Crippen MR) is 92.0 cm³/mol. The summed E-state index contributed by atoms with van der Waals surface area (Å²) in [6.07, 6.45) is 2.41. The molecule has 0 unspecified atom stereocenters. The van der Waals surface area contributed by atoms with E-state index in [0.29, 0.717) is 12.4 Å². The van der Waals surface area contributed by atoms with E-state index in [1.165, 1.54) is 5.56 Å². The molecule has 0 aliphatic heterocycles. The highest BCUT2D eigenvalue weighted by atomic mass is 16.5. The summed E-state index contributed by atoms with van der Waals surface area (Å²) in [6, 6.07) is 3.46. The van der Waals surface area contributed by atoms with Gasteiger partial charge in [-0.05, 0) is 44.4 Å². The number of rotatable bonds is 6. The summed E-state index contributed by atoms with van der Waals surface area (Å²) in [4.78, 5) is 16.1. The third-order valence-electron chi connectivity index (χ3n) is 4.01. The van der Waals surface area contributed by atoms with Crippen molar-refractivity contribution in [2.75, 3.05) is 7.11 Å². The SMILES string of the molecule is COc1cc(CNC(=O)N[C@@H](C)Cc2c(C)nn(C)c2C)ccn1. The minimum Gasteiger partial charge on any atom is -0.481 e. The molecule has 2 heterocycles. The normalized spacial score (nSPS) is 11.9. The molecule has 2 aromatic heterocycles. The van der Waals surface area contributed by atoms with Gasteiger partial charge in [-0.15, -0.1) is 0 Å². The Morgan fingerprint density at radius 3 is 2.79 bits per heavy atom. The quantitative estimate of drug-likeness (QED) is 0.847. The molecule has 0 aromatic carbocycles. The second-order valence-corrected chi connectivity index (χ2v) is 5.91. The zero-order valence-corrected chi connectivity index (χ0v) is 14.9. The lowest BCUT2D eigenvalue weighted by molar-refractivity contribution is 0.237. The number of carbonyl (C=O) groups is 1. The van der Waals surface area contributed by atoms with Crippen LogP contribution in [0.25, 0.3) is 0 Å². The van der Waals surface area contributed by atoms with Crippen LogP contribution in [0.1, 0.15) is 29.4 Å². The first-order valence-electron chi connectivity index (χ1n) is 7.93. The van der Waals surface area contributed by atoms with Gasteiger partial charge in [-0.1, -0.05) is 0 Å². The summed E-state index contributed by atoms with van der Waals surface area (Å²) in [5.41, 5.74) is 4.26. The van der Waals surface area contributed by atoms with Crippen molar-refractivity contribution < 1.29 is 9.53 Å². The Morgan fingerprint density at radius 2 is 2.17 bits per heavy atom. The molecule has 7 heteroatoms. The van der Waals surface area contributed by atoms with Crippen LogP contribution in [0, 0.1) is 13.8 Å². The third kappa shape index (κ3) is 4.47. The van der Waals surface area contributed by atoms with E-state index in [1.54, 1.807) is 19.4 Å². The fraction of sp³-hybridized carbons (Fsp3) is 0.471. The van der Waals surface area contributed by atoms with Crippen LogP contribution in [-0.2, 0) is 20.0 Å². The summed E-state index contributed by atoms with van der Waals surface area (Å²) >= 11 is 0. The van der Waals surface area contributed by atoms with Crippen molar-refractivity contribution in [1.29, 1.82) is 0 Å². The van der Waals surface area contributed by atoms with Crippen LogP contribution < -0.4 is 15.4 Å². The number of hydrogen-bond donors (Lipinski definition) is 2. The van der Waals surface area contributed by atoms with Gasteiger partial charge in [0.15, 0.2) is 0 Å². The van der Waals surface area contributed by atoms with Crippen LogP contribution in [0.4, 0.5) is 4.79 Å². The number of aryl methyl sites for hydroxylation is 2. The zero-order valence-electron chi connectivity index (χ0n) is 14.9. The molecule has 0 saturated heterocycles. The molecule has 0 radical (unpaired) electrons. The Balaban J connectivity index is 1.85. The largest absolute Gasteiger partial charge is 0.481 e. The van der Waals surface area contributed by atoms with Crippen molar-refractivity contribution in [1.82, 2.24) is 25.4 Å². The number of nitrogens with one attached hydrogen (secondary N) is 2. The van der Waals surface area contributed by atoms with Crippen LogP contribution in [-0.4, -0.2) is 33.9 Å². The molecule has 0 bridgehead atoms. The lowest BCUT2D eigenvalue weighted by atomic mass is 10.1. The molecule has 1 atom stereocenters. The van der Waals surface area contributed by atoms with Crippen molar-refractivity contribution in [2.45, 2.75) is 39.8 Å². The molecule has 0 fully saturated rings. The predicted octanol–water partition coefficient (Wildman–Crippen LogP) is 1.87. The highest BCUT2D eigenvalue weighted by molar-refractivity contribution is 5.74. The van der Waals surface area contributed by atoms with E-state index >= 15 is 0 Å². The summed E-state index contributed by atoms with van der Waals surface area (Å²) in [5, 5.41) is 10.2. The van der Waals surface area contributed by atoms with Crippen molar-refractivity contribution in [3.63, 3.8) is 0 Å². The lowest BCUT2D eigenvalue weighted by Crippen LogP contribution is -2.41. The van der Waals surface area contributed by atoms with Gasteiger partial charge >= 0.3 is 6.03 Å². The zero-order chi connectivity index (χ0) is 17.7. The van der Waals surface area contributed by atoms with E-state index in [9.17, 15) is 4.79 Å². The van der Waals surface area contributed by atoms with Crippen molar-refractivity contribution in [3.05, 3.63) is 40.8 Å². The molecule has 7 nitrogen and oxygen atoms in total. The fourth-order valence-corrected chi connectivity index (χ4v) is 2.60. The Hall–Kier alpha value is -2.57. The number of carbonyl (C=O) groups excluding carboxylic acids is 1. The maximum absolute atomic E-state index is 12.1. The number of ether oxygens (including phenoxy) is 1. The van der Waals surface area contributed by atoms with Gasteiger partial charge in [0.1, 0.15) is 0 Å². The lowest BCUT2D eigenvalue weighted by Gasteiger charge is -2.15. The highest BCUT2D eigenvalue weighted by Gasteiger charge is 2.14. The van der Waals surface area contributed by atoms with Gasteiger partial charge in [-0.2, -0.15) is 5.10 Å². The van der Waals surface area contributed by atoms with Crippen LogP contribution in [0.2, 0.25) is 0 Å². The van der Waals surface area contributed by atoms with Crippen LogP contribution >= 0.6 is 0 Å². The summed E-state index contributed by atoms with van der Waals surface area (Å²) in [6.45, 7) is 6.44. The number of aromatic nitrogens is 3. The monoisotopic (exact) mass is 331 g/mol. The summed E-state index contributed by atoms with van der Waals surface area (Å²) in [7, 11) is 3.50. The van der Waals surface area contributed by atoms with Crippen LogP contribution in [0.3, 0.4) is 0 Å². The van der Waals surface area contributed by atoms with E-state index in [0.717, 1.165) is 23.4 Å². The average molecular weight is 331 g/mol. The smallest absolute Gasteiger partial charge is 0.315 e. The minimum absolute atomic E-state index is 0.0126. The molecule has 130 valence electrons. The minimum atomic E-state index is -0.197. The van der Waals surface area contributed by atoms with E-state index in [4.69, 9.17) is 4.74 Å². The first-order chi connectivity index (χ1) is 11.4. The molecule has 0 aliphatic rings. The molecule has 2 N–H and O–H groups in total. The second-order valence-electron chi connectivity index (χ2n) is 5.91. The number of urea groups is 1. The molecule has 2 aromatic rings. The van der Waals surface area contributed by atoms with E-state index < -0.39 is 0 Å². The molecule has 0 aliphatic carbocycles. The number of hydrogen-bond acceptors (Lipinski definition) is 4. The van der Waals surface area contributed by atoms with E-state index in [2.05, 4.69) is 20.7 Å². The topological polar surface area (TPSA) is 81.1 Å². The van der Waals surface area contributed by atoms with Gasteiger partial charge in [0.2, 0.25) is 5.88 Å². The fourth-order valence-electron chi connectivity index (χ4n) is 2.60. The maximum atomic E-state index is 12.1. The highest BCUT2D eigenvalue weighted by Crippen LogP contribution is 2.14. The Kier molecular flexibility index (Phi) is 5.78. The second kappa shape index (κ2) is 7.81. The van der Waals surface area contributed by atoms with Crippen molar-refractivity contribution in [2.24, 2.45) is 7.05 Å². The maximum Gasteiger partial charge on any atom is 0.315 e. The van der Waals surface area contributed by atoms with E-state index in [-0.39, 0.29) is 12.1 Å².